The summed E-state index contributed by atoms with van der Waals surface area (Å²) in [7, 11) is -3.76. The molecule has 0 spiro atoms. The average molecular weight is 389 g/mol. The first-order valence-corrected chi connectivity index (χ1v) is 10.6. The van der Waals surface area contributed by atoms with Crippen molar-refractivity contribution in [2.75, 3.05) is 10.8 Å². The van der Waals surface area contributed by atoms with Gasteiger partial charge in [0.05, 0.1) is 10.6 Å². The van der Waals surface area contributed by atoms with Crippen LogP contribution >= 0.6 is 0 Å². The summed E-state index contributed by atoms with van der Waals surface area (Å²) in [6, 6.07) is 15.3. The third-order valence-corrected chi connectivity index (χ3v) is 6.25. The lowest BCUT2D eigenvalue weighted by molar-refractivity contribution is 0.0643. The molecular formula is C21H28N2O3S. The van der Waals surface area contributed by atoms with Crippen LogP contribution in [0.3, 0.4) is 0 Å². The molecule has 0 atom stereocenters. The van der Waals surface area contributed by atoms with Gasteiger partial charge in [0.2, 0.25) is 0 Å². The molecule has 27 heavy (non-hydrogen) atoms. The molecule has 0 heterocycles. The van der Waals surface area contributed by atoms with Gasteiger partial charge >= 0.3 is 0 Å². The minimum absolute atomic E-state index is 0.0224. The van der Waals surface area contributed by atoms with Crippen LogP contribution in [0, 0.1) is 0 Å². The Hall–Kier alpha value is -2.34. The highest BCUT2D eigenvalue weighted by Crippen LogP contribution is 2.24. The number of para-hydroxylation sites is 1. The van der Waals surface area contributed by atoms with E-state index < -0.39 is 10.0 Å². The van der Waals surface area contributed by atoms with Gasteiger partial charge in [-0.2, -0.15) is 0 Å². The highest BCUT2D eigenvalue weighted by atomic mass is 32.2. The summed E-state index contributed by atoms with van der Waals surface area (Å²) in [6.45, 7) is 9.90. The number of nitrogens with zero attached hydrogens (tertiary/aromatic N) is 2. The highest BCUT2D eigenvalue weighted by molar-refractivity contribution is 7.92. The summed E-state index contributed by atoms with van der Waals surface area (Å²) in [5, 5.41) is 0. The third-order valence-electron chi connectivity index (χ3n) is 4.35. The van der Waals surface area contributed by atoms with Gasteiger partial charge in [-0.15, -0.1) is 0 Å². The molecule has 5 nitrogen and oxygen atoms in total. The van der Waals surface area contributed by atoms with Crippen LogP contribution in [-0.4, -0.2) is 37.9 Å². The van der Waals surface area contributed by atoms with Gasteiger partial charge in [0.25, 0.3) is 15.9 Å². The lowest BCUT2D eigenvalue weighted by Crippen LogP contribution is -2.42. The summed E-state index contributed by atoms with van der Waals surface area (Å²) >= 11 is 0. The fourth-order valence-electron chi connectivity index (χ4n) is 3.22. The van der Waals surface area contributed by atoms with E-state index in [9.17, 15) is 13.2 Å². The first kappa shape index (κ1) is 21.0. The maximum Gasteiger partial charge on any atom is 0.264 e. The molecule has 0 aliphatic rings. The fourth-order valence-corrected chi connectivity index (χ4v) is 4.74. The number of carbonyl (C=O) groups is 1. The van der Waals surface area contributed by atoms with Crippen molar-refractivity contribution < 1.29 is 13.2 Å². The molecule has 0 aliphatic carbocycles. The molecule has 0 aromatic heterocycles. The van der Waals surface area contributed by atoms with Crippen molar-refractivity contribution in [1.82, 2.24) is 4.90 Å². The minimum atomic E-state index is -3.76. The minimum Gasteiger partial charge on any atom is -0.334 e. The van der Waals surface area contributed by atoms with E-state index in [0.29, 0.717) is 17.8 Å². The summed E-state index contributed by atoms with van der Waals surface area (Å²) in [5.41, 5.74) is 0.977. The summed E-state index contributed by atoms with van der Waals surface area (Å²) < 4.78 is 27.7. The number of anilines is 1. The second-order valence-corrected chi connectivity index (χ2v) is 8.80. The van der Waals surface area contributed by atoms with Crippen molar-refractivity contribution >= 4 is 21.6 Å². The van der Waals surface area contributed by atoms with E-state index in [0.717, 1.165) is 0 Å². The monoisotopic (exact) mass is 388 g/mol. The number of benzene rings is 2. The Morgan fingerprint density at radius 2 is 1.52 bits per heavy atom. The van der Waals surface area contributed by atoms with Crippen molar-refractivity contribution in [2.45, 2.75) is 51.6 Å². The first-order chi connectivity index (χ1) is 12.7. The van der Waals surface area contributed by atoms with Gasteiger partial charge in [-0.1, -0.05) is 24.3 Å². The van der Waals surface area contributed by atoms with Crippen LogP contribution in [0.4, 0.5) is 5.69 Å². The van der Waals surface area contributed by atoms with Gasteiger partial charge in [-0.3, -0.25) is 9.10 Å². The third kappa shape index (κ3) is 4.50. The molecule has 1 amide bonds. The summed E-state index contributed by atoms with van der Waals surface area (Å²) in [6.07, 6.45) is 0. The smallest absolute Gasteiger partial charge is 0.264 e. The largest absolute Gasteiger partial charge is 0.334 e. The Labute approximate surface area is 162 Å². The Balaban J connectivity index is 2.45. The highest BCUT2D eigenvalue weighted by Gasteiger charge is 2.26. The number of hydrogen-bond acceptors (Lipinski definition) is 3. The van der Waals surface area contributed by atoms with Crippen molar-refractivity contribution in [3.05, 3.63) is 60.2 Å². The van der Waals surface area contributed by atoms with Crippen molar-refractivity contribution in [1.29, 1.82) is 0 Å². The topological polar surface area (TPSA) is 57.7 Å². The fraction of sp³-hybridized carbons (Fsp3) is 0.381. The number of carbonyl (C=O) groups excluding carboxylic acids is 1. The van der Waals surface area contributed by atoms with E-state index in [1.165, 1.54) is 16.4 Å². The molecule has 0 radical (unpaired) electrons. The second-order valence-electron chi connectivity index (χ2n) is 6.93. The Morgan fingerprint density at radius 3 is 2.04 bits per heavy atom. The average Bonchev–Trinajstić information content (AvgIpc) is 2.62. The lowest BCUT2D eigenvalue weighted by Gasteiger charge is -2.31. The Kier molecular flexibility index (Phi) is 6.65. The zero-order valence-corrected chi connectivity index (χ0v) is 17.4. The zero-order valence-electron chi connectivity index (χ0n) is 16.6. The van der Waals surface area contributed by atoms with E-state index in [2.05, 4.69) is 0 Å². The van der Waals surface area contributed by atoms with Crippen LogP contribution in [0.5, 0.6) is 0 Å². The molecule has 2 aromatic rings. The lowest BCUT2D eigenvalue weighted by atomic mass is 10.1. The quantitative estimate of drug-likeness (QED) is 0.716. The molecule has 0 fully saturated rings. The maximum atomic E-state index is 13.2. The molecule has 2 rings (SSSR count). The van der Waals surface area contributed by atoms with Crippen LogP contribution in [0.2, 0.25) is 0 Å². The van der Waals surface area contributed by atoms with Gasteiger partial charge in [0, 0.05) is 24.2 Å². The first-order valence-electron chi connectivity index (χ1n) is 9.20. The predicted octanol–water partition coefficient (Wildman–Crippen LogP) is 4.16. The van der Waals surface area contributed by atoms with Gasteiger partial charge in [0.1, 0.15) is 0 Å². The number of amides is 1. The van der Waals surface area contributed by atoms with E-state index in [1.54, 1.807) is 48.2 Å². The summed E-state index contributed by atoms with van der Waals surface area (Å²) in [5.74, 6) is -0.167. The van der Waals surface area contributed by atoms with Crippen molar-refractivity contribution in [2.24, 2.45) is 0 Å². The van der Waals surface area contributed by atoms with Crippen LogP contribution in [0.1, 0.15) is 45.0 Å². The molecule has 0 aliphatic heterocycles. The molecule has 146 valence electrons. The zero-order chi connectivity index (χ0) is 20.2. The molecule has 6 heteroatoms. The predicted molar refractivity (Wildman–Crippen MR) is 110 cm³/mol. The molecule has 0 saturated carbocycles. The molecule has 0 saturated heterocycles. The van der Waals surface area contributed by atoms with Crippen LogP contribution in [0.25, 0.3) is 0 Å². The molecular weight excluding hydrogens is 360 g/mol. The number of sulfonamides is 1. The van der Waals surface area contributed by atoms with Gasteiger partial charge < -0.3 is 4.90 Å². The maximum absolute atomic E-state index is 13.2. The standard InChI is InChI=1S/C21H28N2O3S/c1-6-22(19-12-8-7-9-13-19)27(25,26)20-14-10-11-18(15-20)21(24)23(16(2)3)17(4)5/h7-17H,6H2,1-5H3. The molecule has 0 N–H and O–H groups in total. The van der Waals surface area contributed by atoms with Gasteiger partial charge in [0.15, 0.2) is 0 Å². The van der Waals surface area contributed by atoms with Crippen LogP contribution < -0.4 is 4.31 Å². The van der Waals surface area contributed by atoms with Crippen LogP contribution in [-0.2, 0) is 10.0 Å². The summed E-state index contributed by atoms with van der Waals surface area (Å²) in [4.78, 5) is 14.8. The van der Waals surface area contributed by atoms with E-state index in [-0.39, 0.29) is 22.9 Å². The molecule has 0 unspecified atom stereocenters. The number of rotatable bonds is 7. The molecule has 0 bridgehead atoms. The van der Waals surface area contributed by atoms with E-state index in [4.69, 9.17) is 0 Å². The molecule has 2 aromatic carbocycles. The van der Waals surface area contributed by atoms with Crippen molar-refractivity contribution in [3.8, 4) is 0 Å². The normalized spacial score (nSPS) is 11.7. The van der Waals surface area contributed by atoms with Gasteiger partial charge in [-0.25, -0.2) is 8.42 Å². The second kappa shape index (κ2) is 8.57. The van der Waals surface area contributed by atoms with Crippen molar-refractivity contribution in [3.63, 3.8) is 0 Å². The Bertz CT molecular complexity index is 869. The SMILES string of the molecule is CCN(c1ccccc1)S(=O)(=O)c1cccc(C(=O)N(C(C)C)C(C)C)c1. The number of hydrogen-bond donors (Lipinski definition) is 0. The Morgan fingerprint density at radius 1 is 0.926 bits per heavy atom. The van der Waals surface area contributed by atoms with E-state index in [1.807, 2.05) is 33.8 Å². The van der Waals surface area contributed by atoms with E-state index >= 15 is 0 Å². The van der Waals surface area contributed by atoms with Crippen LogP contribution in [0.15, 0.2) is 59.5 Å². The van der Waals surface area contributed by atoms with Gasteiger partial charge in [-0.05, 0) is 65.0 Å².